The van der Waals surface area contributed by atoms with E-state index in [2.05, 4.69) is 9.99 Å². The zero-order chi connectivity index (χ0) is 8.85. The van der Waals surface area contributed by atoms with Gasteiger partial charge < -0.3 is 15.5 Å². The van der Waals surface area contributed by atoms with Crippen LogP contribution in [0.1, 0.15) is 13.3 Å². The average Bonchev–Trinajstić information content (AvgIpc) is 1.99. The lowest BCUT2D eigenvalue weighted by Crippen LogP contribution is -2.23. The molecule has 0 saturated heterocycles. The van der Waals surface area contributed by atoms with Crippen LogP contribution in [0.5, 0.6) is 0 Å². The largest absolute Gasteiger partial charge is 0.384 e. The van der Waals surface area contributed by atoms with E-state index in [9.17, 15) is 0 Å². The molecule has 0 radical (unpaired) electrons. The maximum absolute atomic E-state index is 7.15. The number of nitrogens with one attached hydrogen (secondary N) is 1. The van der Waals surface area contributed by atoms with Crippen LogP contribution in [0.3, 0.4) is 0 Å². The summed E-state index contributed by atoms with van der Waals surface area (Å²) in [6.45, 7) is 1.86. The average molecular weight is 158 g/mol. The molecular formula is C6H14N4O. The van der Waals surface area contributed by atoms with Crippen LogP contribution >= 0.6 is 0 Å². The number of hydrogen-bond donors (Lipinski definition) is 2. The molecule has 5 heteroatoms. The fraction of sp³-hybridized carbons (Fsp3) is 0.667. The third kappa shape index (κ3) is 4.19. The maximum atomic E-state index is 7.15. The minimum atomic E-state index is -0.0265. The van der Waals surface area contributed by atoms with Crippen molar-refractivity contribution >= 4 is 11.9 Å². The Balaban J connectivity index is 3.78. The molecule has 5 nitrogen and oxygen atoms in total. The summed E-state index contributed by atoms with van der Waals surface area (Å²) >= 11 is 0. The second-order valence-electron chi connectivity index (χ2n) is 2.23. The minimum absolute atomic E-state index is 0.0265. The van der Waals surface area contributed by atoms with Gasteiger partial charge >= 0.3 is 6.02 Å². The summed E-state index contributed by atoms with van der Waals surface area (Å²) in [7, 11) is 3.39. The molecule has 64 valence electrons. The minimum Gasteiger partial charge on any atom is -0.384 e. The Morgan fingerprint density at radius 3 is 2.55 bits per heavy atom. The van der Waals surface area contributed by atoms with Crippen molar-refractivity contribution in [3.05, 3.63) is 0 Å². The fourth-order valence-electron chi connectivity index (χ4n) is 0.248. The molecule has 11 heavy (non-hydrogen) atoms. The summed E-state index contributed by atoms with van der Waals surface area (Å²) in [5.74, 6) is 0.386. The van der Waals surface area contributed by atoms with E-state index in [1.165, 1.54) is 4.90 Å². The highest BCUT2D eigenvalue weighted by Gasteiger charge is 1.98. The van der Waals surface area contributed by atoms with E-state index in [-0.39, 0.29) is 6.02 Å². The van der Waals surface area contributed by atoms with Gasteiger partial charge in [-0.1, -0.05) is 12.1 Å². The van der Waals surface area contributed by atoms with E-state index in [4.69, 9.17) is 11.1 Å². The molecule has 0 aliphatic rings. The van der Waals surface area contributed by atoms with Crippen LogP contribution in [0.2, 0.25) is 0 Å². The Morgan fingerprint density at radius 2 is 2.18 bits per heavy atom. The first kappa shape index (κ1) is 9.74. The highest BCUT2D eigenvalue weighted by molar-refractivity contribution is 5.80. The SMILES string of the molecule is CC/C(N)=N/OC(=N)N(C)C. The normalized spacial score (nSPS) is 11.0. The molecule has 0 fully saturated rings. The molecule has 0 aromatic carbocycles. The van der Waals surface area contributed by atoms with Gasteiger partial charge in [-0.05, 0) is 0 Å². The Labute approximate surface area is 66.3 Å². The number of nitrogens with two attached hydrogens (primary N) is 1. The lowest BCUT2D eigenvalue weighted by Gasteiger charge is -2.09. The van der Waals surface area contributed by atoms with Gasteiger partial charge in [-0.3, -0.25) is 0 Å². The highest BCUT2D eigenvalue weighted by Crippen LogP contribution is 1.85. The number of hydrogen-bond acceptors (Lipinski definition) is 3. The van der Waals surface area contributed by atoms with E-state index in [0.29, 0.717) is 12.3 Å². The van der Waals surface area contributed by atoms with Crippen molar-refractivity contribution in [2.24, 2.45) is 10.9 Å². The second-order valence-corrected chi connectivity index (χ2v) is 2.23. The third-order valence-corrected chi connectivity index (χ3v) is 1.02. The summed E-state index contributed by atoms with van der Waals surface area (Å²) < 4.78 is 0. The van der Waals surface area contributed by atoms with Gasteiger partial charge in [0.1, 0.15) is 5.84 Å². The molecule has 0 aliphatic heterocycles. The van der Waals surface area contributed by atoms with Crippen molar-refractivity contribution in [3.8, 4) is 0 Å². The van der Waals surface area contributed by atoms with Crippen LogP contribution in [0.25, 0.3) is 0 Å². The van der Waals surface area contributed by atoms with E-state index in [0.717, 1.165) is 0 Å². The van der Waals surface area contributed by atoms with Gasteiger partial charge in [-0.25, -0.2) is 5.41 Å². The molecule has 0 amide bonds. The van der Waals surface area contributed by atoms with Crippen LogP contribution < -0.4 is 5.73 Å². The summed E-state index contributed by atoms with van der Waals surface area (Å²) in [6.07, 6.45) is 0.626. The predicted molar refractivity (Wildman–Crippen MR) is 44.4 cm³/mol. The molecule has 0 unspecified atom stereocenters. The predicted octanol–water partition coefficient (Wildman–Crippen LogP) is 0.182. The van der Waals surface area contributed by atoms with Gasteiger partial charge in [0, 0.05) is 20.5 Å². The summed E-state index contributed by atoms with van der Waals surface area (Å²) in [4.78, 5) is 6.12. The van der Waals surface area contributed by atoms with E-state index in [1.54, 1.807) is 14.1 Å². The number of nitrogens with zero attached hydrogens (tertiary/aromatic N) is 2. The number of oxime groups is 1. The Bertz CT molecular complexity index is 164. The molecule has 0 aromatic rings. The molecule has 0 aromatic heterocycles. The smallest absolute Gasteiger partial charge is 0.314 e. The topological polar surface area (TPSA) is 74.7 Å². The summed E-state index contributed by atoms with van der Waals surface area (Å²) in [5, 5.41) is 10.6. The first-order chi connectivity index (χ1) is 5.07. The zero-order valence-corrected chi connectivity index (χ0v) is 7.09. The van der Waals surface area contributed by atoms with Crippen molar-refractivity contribution in [1.82, 2.24) is 4.90 Å². The van der Waals surface area contributed by atoms with Gasteiger partial charge in [0.05, 0.1) is 0 Å². The maximum Gasteiger partial charge on any atom is 0.314 e. The molecular weight excluding hydrogens is 144 g/mol. The van der Waals surface area contributed by atoms with Gasteiger partial charge in [0.15, 0.2) is 0 Å². The zero-order valence-electron chi connectivity index (χ0n) is 7.09. The molecule has 0 heterocycles. The molecule has 0 bridgehead atoms. The fourth-order valence-corrected chi connectivity index (χ4v) is 0.248. The van der Waals surface area contributed by atoms with Crippen LogP contribution in [0.15, 0.2) is 5.16 Å². The van der Waals surface area contributed by atoms with Crippen LogP contribution in [-0.4, -0.2) is 30.9 Å². The van der Waals surface area contributed by atoms with Crippen LogP contribution in [0, 0.1) is 5.41 Å². The Morgan fingerprint density at radius 1 is 1.64 bits per heavy atom. The molecule has 3 N–H and O–H groups in total. The molecule has 0 atom stereocenters. The van der Waals surface area contributed by atoms with Gasteiger partial charge in [-0.2, -0.15) is 0 Å². The number of amidine groups is 2. The first-order valence-electron chi connectivity index (χ1n) is 3.33. The quantitative estimate of drug-likeness (QED) is 0.342. The molecule has 0 aliphatic carbocycles. The molecule has 0 rings (SSSR count). The Kier molecular flexibility index (Phi) is 4.02. The van der Waals surface area contributed by atoms with Crippen molar-refractivity contribution in [1.29, 1.82) is 5.41 Å². The standard InChI is InChI=1S/C6H14N4O/c1-4-5(7)9-11-6(8)10(2)3/h8H,4H2,1-3H3,(H2,7,9). The van der Waals surface area contributed by atoms with Gasteiger partial charge in [-0.15, -0.1) is 0 Å². The number of rotatable bonds is 2. The second kappa shape index (κ2) is 4.54. The van der Waals surface area contributed by atoms with Gasteiger partial charge in [0.25, 0.3) is 0 Å². The lowest BCUT2D eigenvalue weighted by molar-refractivity contribution is 0.269. The molecule has 0 spiro atoms. The molecule has 0 saturated carbocycles. The van der Waals surface area contributed by atoms with Crippen molar-refractivity contribution in [2.75, 3.05) is 14.1 Å². The first-order valence-corrected chi connectivity index (χ1v) is 3.33. The summed E-state index contributed by atoms with van der Waals surface area (Å²) in [6, 6.07) is -0.0265. The van der Waals surface area contributed by atoms with Crippen molar-refractivity contribution in [2.45, 2.75) is 13.3 Å². The van der Waals surface area contributed by atoms with E-state index in [1.807, 2.05) is 6.92 Å². The van der Waals surface area contributed by atoms with Crippen LogP contribution in [-0.2, 0) is 4.84 Å². The Hall–Kier alpha value is -1.26. The lowest BCUT2D eigenvalue weighted by atomic mass is 10.5. The van der Waals surface area contributed by atoms with E-state index < -0.39 is 0 Å². The van der Waals surface area contributed by atoms with Crippen molar-refractivity contribution in [3.63, 3.8) is 0 Å². The van der Waals surface area contributed by atoms with Crippen LogP contribution in [0.4, 0.5) is 0 Å². The highest BCUT2D eigenvalue weighted by atomic mass is 16.6. The monoisotopic (exact) mass is 158 g/mol. The van der Waals surface area contributed by atoms with Crippen molar-refractivity contribution < 1.29 is 4.84 Å². The summed E-state index contributed by atoms with van der Waals surface area (Å²) in [5.41, 5.74) is 5.33. The third-order valence-electron chi connectivity index (χ3n) is 1.02. The van der Waals surface area contributed by atoms with Gasteiger partial charge in [0.2, 0.25) is 0 Å². The van der Waals surface area contributed by atoms with E-state index >= 15 is 0 Å².